The van der Waals surface area contributed by atoms with Gasteiger partial charge >= 0.3 is 0 Å². The van der Waals surface area contributed by atoms with Crippen LogP contribution < -0.4 is 5.32 Å². The minimum absolute atomic E-state index is 0.777. The Bertz CT molecular complexity index is 252. The van der Waals surface area contributed by atoms with Gasteiger partial charge in [0.2, 0.25) is 0 Å². The lowest BCUT2D eigenvalue weighted by molar-refractivity contribution is 0.177. The van der Waals surface area contributed by atoms with Crippen LogP contribution in [0.3, 0.4) is 0 Å². The molecule has 0 spiro atoms. The van der Waals surface area contributed by atoms with Crippen molar-refractivity contribution in [2.45, 2.75) is 52.0 Å². The zero-order chi connectivity index (χ0) is 12.8. The molecule has 1 heterocycles. The molecule has 0 saturated carbocycles. The molecule has 1 aliphatic heterocycles. The van der Waals surface area contributed by atoms with Crippen molar-refractivity contribution in [1.29, 1.82) is 0 Å². The molecule has 2 heteroatoms. The van der Waals surface area contributed by atoms with Gasteiger partial charge in [-0.2, -0.15) is 0 Å². The van der Waals surface area contributed by atoms with Gasteiger partial charge in [-0.1, -0.05) is 26.0 Å². The van der Waals surface area contributed by atoms with E-state index in [0.29, 0.717) is 0 Å². The molecule has 1 atom stereocenters. The predicted molar refractivity (Wildman–Crippen MR) is 78.8 cm³/mol. The average molecular weight is 250 g/mol. The van der Waals surface area contributed by atoms with Gasteiger partial charge in [0.25, 0.3) is 0 Å². The second-order valence-corrected chi connectivity index (χ2v) is 6.53. The quantitative estimate of drug-likeness (QED) is 0.755. The third-order valence-electron chi connectivity index (χ3n) is 4.28. The summed E-state index contributed by atoms with van der Waals surface area (Å²) < 4.78 is 0. The van der Waals surface area contributed by atoms with Crippen LogP contribution in [-0.4, -0.2) is 37.1 Å². The largest absolute Gasteiger partial charge is 0.314 e. The Kier molecular flexibility index (Phi) is 5.71. The van der Waals surface area contributed by atoms with Gasteiger partial charge in [0, 0.05) is 12.6 Å². The summed E-state index contributed by atoms with van der Waals surface area (Å²) in [5.74, 6) is 1.70. The first-order chi connectivity index (χ1) is 8.74. The normalized spacial score (nSPS) is 26.9. The van der Waals surface area contributed by atoms with E-state index in [1.165, 1.54) is 58.3 Å². The zero-order valence-corrected chi connectivity index (χ0v) is 12.2. The summed E-state index contributed by atoms with van der Waals surface area (Å²) in [6.45, 7) is 9.74. The Balaban J connectivity index is 1.60. The third kappa shape index (κ3) is 4.74. The molecule has 0 aromatic heterocycles. The minimum Gasteiger partial charge on any atom is -0.314 e. The Hall–Kier alpha value is -0.340. The predicted octanol–water partition coefficient (Wildman–Crippen LogP) is 3.05. The third-order valence-corrected chi connectivity index (χ3v) is 4.28. The Morgan fingerprint density at radius 3 is 2.56 bits per heavy atom. The van der Waals surface area contributed by atoms with Crippen LogP contribution in [-0.2, 0) is 0 Å². The van der Waals surface area contributed by atoms with E-state index in [-0.39, 0.29) is 0 Å². The average Bonchev–Trinajstić information content (AvgIpc) is 2.38. The van der Waals surface area contributed by atoms with Gasteiger partial charge in [0.05, 0.1) is 0 Å². The van der Waals surface area contributed by atoms with Gasteiger partial charge in [0.15, 0.2) is 0 Å². The number of hydrogen-bond acceptors (Lipinski definition) is 2. The number of hydrogen-bond donors (Lipinski definition) is 1. The van der Waals surface area contributed by atoms with Gasteiger partial charge in [-0.05, 0) is 63.6 Å². The van der Waals surface area contributed by atoms with E-state index >= 15 is 0 Å². The Morgan fingerprint density at radius 2 is 1.94 bits per heavy atom. The fraction of sp³-hybridized carbons (Fsp3) is 0.875. The Labute approximate surface area is 113 Å². The maximum Gasteiger partial charge on any atom is 0.00915 e. The number of allylic oxidation sites excluding steroid dienone is 2. The monoisotopic (exact) mass is 250 g/mol. The lowest BCUT2D eigenvalue weighted by atomic mass is 9.93. The van der Waals surface area contributed by atoms with Crippen LogP contribution in [0.15, 0.2) is 12.2 Å². The van der Waals surface area contributed by atoms with Crippen molar-refractivity contribution in [2.24, 2.45) is 11.8 Å². The highest BCUT2D eigenvalue weighted by atomic mass is 15.1. The van der Waals surface area contributed by atoms with Crippen LogP contribution in [0.4, 0.5) is 0 Å². The first kappa shape index (κ1) is 14.1. The number of piperidine rings is 1. The summed E-state index contributed by atoms with van der Waals surface area (Å²) >= 11 is 0. The van der Waals surface area contributed by atoms with Crippen LogP contribution in [0.5, 0.6) is 0 Å². The maximum atomic E-state index is 3.80. The second-order valence-electron chi connectivity index (χ2n) is 6.53. The summed E-state index contributed by atoms with van der Waals surface area (Å²) in [4.78, 5) is 2.63. The van der Waals surface area contributed by atoms with E-state index in [1.54, 1.807) is 0 Å². The van der Waals surface area contributed by atoms with Crippen molar-refractivity contribution in [3.05, 3.63) is 12.2 Å². The lowest BCUT2D eigenvalue weighted by Gasteiger charge is -2.34. The highest BCUT2D eigenvalue weighted by molar-refractivity contribution is 4.91. The number of nitrogens with zero attached hydrogens (tertiary/aromatic N) is 1. The van der Waals surface area contributed by atoms with E-state index in [9.17, 15) is 0 Å². The minimum atomic E-state index is 0.777. The molecule has 2 aliphatic rings. The molecule has 0 aromatic rings. The topological polar surface area (TPSA) is 15.3 Å². The van der Waals surface area contributed by atoms with Gasteiger partial charge in [-0.3, -0.25) is 0 Å². The van der Waals surface area contributed by atoms with Crippen LogP contribution >= 0.6 is 0 Å². The van der Waals surface area contributed by atoms with Crippen LogP contribution in [0.1, 0.15) is 46.0 Å². The molecule has 1 unspecified atom stereocenters. The molecule has 0 amide bonds. The van der Waals surface area contributed by atoms with E-state index < -0.39 is 0 Å². The molecular formula is C16H30N2. The summed E-state index contributed by atoms with van der Waals surface area (Å²) in [5.41, 5.74) is 0. The van der Waals surface area contributed by atoms with Crippen molar-refractivity contribution >= 4 is 0 Å². The SMILES string of the molecule is CC(C)CN1CCC(NCC2CC=CCC2)CC1. The maximum absolute atomic E-state index is 3.80. The van der Waals surface area contributed by atoms with Crippen molar-refractivity contribution in [1.82, 2.24) is 10.2 Å². The molecule has 0 bridgehead atoms. The van der Waals surface area contributed by atoms with Crippen molar-refractivity contribution < 1.29 is 0 Å². The van der Waals surface area contributed by atoms with Gasteiger partial charge in [-0.25, -0.2) is 0 Å². The molecule has 1 aliphatic carbocycles. The molecule has 2 rings (SSSR count). The number of nitrogens with one attached hydrogen (secondary N) is 1. The molecule has 1 N–H and O–H groups in total. The lowest BCUT2D eigenvalue weighted by Crippen LogP contribution is -2.44. The summed E-state index contributed by atoms with van der Waals surface area (Å²) in [5, 5.41) is 3.80. The van der Waals surface area contributed by atoms with E-state index in [4.69, 9.17) is 0 Å². The molecule has 1 fully saturated rings. The number of likely N-dealkylation sites (tertiary alicyclic amines) is 1. The zero-order valence-electron chi connectivity index (χ0n) is 12.2. The highest BCUT2D eigenvalue weighted by Crippen LogP contribution is 2.18. The summed E-state index contributed by atoms with van der Waals surface area (Å²) in [7, 11) is 0. The van der Waals surface area contributed by atoms with Crippen molar-refractivity contribution in [2.75, 3.05) is 26.2 Å². The summed E-state index contributed by atoms with van der Waals surface area (Å²) in [6, 6.07) is 0.777. The molecule has 0 aromatic carbocycles. The van der Waals surface area contributed by atoms with Crippen LogP contribution in [0, 0.1) is 11.8 Å². The van der Waals surface area contributed by atoms with Gasteiger partial charge in [-0.15, -0.1) is 0 Å². The smallest absolute Gasteiger partial charge is 0.00915 e. The fourth-order valence-electron chi connectivity index (χ4n) is 3.21. The number of rotatable bonds is 5. The molecule has 104 valence electrons. The molecular weight excluding hydrogens is 220 g/mol. The van der Waals surface area contributed by atoms with Crippen LogP contribution in [0.2, 0.25) is 0 Å². The molecule has 2 nitrogen and oxygen atoms in total. The molecule has 0 radical (unpaired) electrons. The van der Waals surface area contributed by atoms with E-state index in [2.05, 4.69) is 36.2 Å². The first-order valence-corrected chi connectivity index (χ1v) is 7.84. The molecule has 1 saturated heterocycles. The van der Waals surface area contributed by atoms with Crippen LogP contribution in [0.25, 0.3) is 0 Å². The van der Waals surface area contributed by atoms with E-state index in [0.717, 1.165) is 17.9 Å². The standard InChI is InChI=1S/C16H30N2/c1-14(2)13-18-10-8-16(9-11-18)17-12-15-6-4-3-5-7-15/h3-4,14-17H,5-13H2,1-2H3. The Morgan fingerprint density at radius 1 is 1.17 bits per heavy atom. The summed E-state index contributed by atoms with van der Waals surface area (Å²) in [6.07, 6.45) is 11.3. The fourth-order valence-corrected chi connectivity index (χ4v) is 3.21. The first-order valence-electron chi connectivity index (χ1n) is 7.84. The van der Waals surface area contributed by atoms with E-state index in [1.807, 2.05) is 0 Å². The highest BCUT2D eigenvalue weighted by Gasteiger charge is 2.20. The van der Waals surface area contributed by atoms with Gasteiger partial charge < -0.3 is 10.2 Å². The van der Waals surface area contributed by atoms with Gasteiger partial charge in [0.1, 0.15) is 0 Å². The molecule has 18 heavy (non-hydrogen) atoms. The van der Waals surface area contributed by atoms with Crippen molar-refractivity contribution in [3.63, 3.8) is 0 Å². The second kappa shape index (κ2) is 7.30. The van der Waals surface area contributed by atoms with Crippen molar-refractivity contribution in [3.8, 4) is 0 Å².